The maximum atomic E-state index is 13.9. The number of ether oxygens (including phenoxy) is 1. The quantitative estimate of drug-likeness (QED) is 0.863. The number of carbonyl (C=O) groups is 1. The Kier molecular flexibility index (Phi) is 5.54. The molecule has 0 bridgehead atoms. The number of hydrogen-bond donors (Lipinski definition) is 1. The van der Waals surface area contributed by atoms with Crippen LogP contribution in [0.15, 0.2) is 48.5 Å². The smallest absolute Gasteiger partial charge is 0.412 e. The average molecular weight is 371 g/mol. The van der Waals surface area contributed by atoms with E-state index >= 15 is 0 Å². The van der Waals surface area contributed by atoms with Crippen LogP contribution in [0.2, 0.25) is 0 Å². The van der Waals surface area contributed by atoms with Crippen LogP contribution in [0.5, 0.6) is 0 Å². The van der Waals surface area contributed by atoms with Crippen LogP contribution in [0.25, 0.3) is 0 Å². The van der Waals surface area contributed by atoms with Gasteiger partial charge < -0.3 is 14.5 Å². The van der Waals surface area contributed by atoms with Gasteiger partial charge in [0, 0.05) is 37.6 Å². The number of para-hydroxylation sites is 1. The number of anilines is 3. The lowest BCUT2D eigenvalue weighted by Crippen LogP contribution is -2.46. The summed E-state index contributed by atoms with van der Waals surface area (Å²) in [5, 5.41) is 2.73. The number of halogens is 1. The van der Waals surface area contributed by atoms with Crippen LogP contribution in [0.4, 0.5) is 26.2 Å². The van der Waals surface area contributed by atoms with Gasteiger partial charge in [0.25, 0.3) is 0 Å². The van der Waals surface area contributed by atoms with E-state index in [1.807, 2.05) is 57.2 Å². The van der Waals surface area contributed by atoms with Crippen molar-refractivity contribution >= 4 is 23.2 Å². The Labute approximate surface area is 159 Å². The summed E-state index contributed by atoms with van der Waals surface area (Å²) in [7, 11) is 0. The van der Waals surface area contributed by atoms with Crippen LogP contribution in [0.3, 0.4) is 0 Å². The monoisotopic (exact) mass is 371 g/mol. The third kappa shape index (κ3) is 5.12. The van der Waals surface area contributed by atoms with Crippen LogP contribution in [0.1, 0.15) is 20.8 Å². The van der Waals surface area contributed by atoms with Crippen molar-refractivity contribution in [2.45, 2.75) is 26.4 Å². The third-order valence-electron chi connectivity index (χ3n) is 4.35. The van der Waals surface area contributed by atoms with Gasteiger partial charge in [0.1, 0.15) is 11.4 Å². The fourth-order valence-corrected chi connectivity index (χ4v) is 3.09. The second kappa shape index (κ2) is 7.86. The fourth-order valence-electron chi connectivity index (χ4n) is 3.09. The van der Waals surface area contributed by atoms with Crippen molar-refractivity contribution < 1.29 is 13.9 Å². The zero-order valence-electron chi connectivity index (χ0n) is 16.0. The number of carbonyl (C=O) groups excluding carboxylic acids is 1. The molecule has 0 aliphatic carbocycles. The van der Waals surface area contributed by atoms with E-state index in [4.69, 9.17) is 4.74 Å². The van der Waals surface area contributed by atoms with E-state index in [1.54, 1.807) is 6.07 Å². The number of amides is 1. The van der Waals surface area contributed by atoms with Gasteiger partial charge in [0.15, 0.2) is 0 Å². The summed E-state index contributed by atoms with van der Waals surface area (Å²) in [6.45, 7) is 8.64. The molecule has 0 saturated carbocycles. The molecule has 144 valence electrons. The predicted molar refractivity (Wildman–Crippen MR) is 107 cm³/mol. The molecule has 0 radical (unpaired) electrons. The summed E-state index contributed by atoms with van der Waals surface area (Å²) in [6, 6.07) is 14.6. The van der Waals surface area contributed by atoms with Gasteiger partial charge in [0.05, 0.1) is 5.69 Å². The molecule has 1 aliphatic rings. The Morgan fingerprint density at radius 3 is 2.15 bits per heavy atom. The number of nitrogens with zero attached hydrogens (tertiary/aromatic N) is 2. The molecule has 27 heavy (non-hydrogen) atoms. The van der Waals surface area contributed by atoms with Gasteiger partial charge >= 0.3 is 6.09 Å². The fraction of sp³-hybridized carbons (Fsp3) is 0.381. The van der Waals surface area contributed by atoms with Crippen molar-refractivity contribution in [2.24, 2.45) is 0 Å². The SMILES string of the molecule is CC(C)(C)OC(=O)Nc1ccc(N2CCN(c3ccccc3F)CC2)cc1. The Balaban J connectivity index is 1.56. The van der Waals surface area contributed by atoms with Crippen LogP contribution in [-0.2, 0) is 4.74 Å². The third-order valence-corrected chi connectivity index (χ3v) is 4.35. The van der Waals surface area contributed by atoms with E-state index < -0.39 is 11.7 Å². The molecule has 1 amide bonds. The van der Waals surface area contributed by atoms with E-state index in [1.165, 1.54) is 6.07 Å². The molecule has 1 heterocycles. The Hall–Kier alpha value is -2.76. The van der Waals surface area contributed by atoms with Crippen molar-refractivity contribution in [3.05, 3.63) is 54.3 Å². The Morgan fingerprint density at radius 2 is 1.56 bits per heavy atom. The van der Waals surface area contributed by atoms with Crippen LogP contribution >= 0.6 is 0 Å². The molecule has 6 heteroatoms. The predicted octanol–water partition coefficient (Wildman–Crippen LogP) is 4.50. The van der Waals surface area contributed by atoms with Crippen molar-refractivity contribution in [2.75, 3.05) is 41.3 Å². The molecule has 1 fully saturated rings. The van der Waals surface area contributed by atoms with Gasteiger partial charge in [-0.2, -0.15) is 0 Å². The standard InChI is InChI=1S/C21H26FN3O2/c1-21(2,3)27-20(26)23-16-8-10-17(11-9-16)24-12-14-25(15-13-24)19-7-5-4-6-18(19)22/h4-11H,12-15H2,1-3H3,(H,23,26). The first-order valence-corrected chi connectivity index (χ1v) is 9.16. The van der Waals surface area contributed by atoms with Gasteiger partial charge in [0.2, 0.25) is 0 Å². The maximum absolute atomic E-state index is 13.9. The highest BCUT2D eigenvalue weighted by atomic mass is 19.1. The average Bonchev–Trinajstić information content (AvgIpc) is 2.61. The first-order chi connectivity index (χ1) is 12.8. The number of hydrogen-bond acceptors (Lipinski definition) is 4. The minimum absolute atomic E-state index is 0.177. The van der Waals surface area contributed by atoms with Crippen molar-refractivity contribution in [3.8, 4) is 0 Å². The van der Waals surface area contributed by atoms with E-state index in [2.05, 4.69) is 15.1 Å². The second-order valence-electron chi connectivity index (χ2n) is 7.60. The highest BCUT2D eigenvalue weighted by Crippen LogP contribution is 2.24. The van der Waals surface area contributed by atoms with Crippen LogP contribution in [0, 0.1) is 5.82 Å². The normalized spacial score (nSPS) is 14.8. The lowest BCUT2D eigenvalue weighted by atomic mass is 10.2. The molecule has 0 atom stereocenters. The van der Waals surface area contributed by atoms with Gasteiger partial charge in [-0.15, -0.1) is 0 Å². The summed E-state index contributed by atoms with van der Waals surface area (Å²) >= 11 is 0. The largest absolute Gasteiger partial charge is 0.444 e. The molecule has 1 N–H and O–H groups in total. The number of piperazine rings is 1. The Morgan fingerprint density at radius 1 is 0.963 bits per heavy atom. The molecular weight excluding hydrogens is 345 g/mol. The zero-order chi connectivity index (χ0) is 19.4. The number of rotatable bonds is 3. The molecule has 0 unspecified atom stereocenters. The lowest BCUT2D eigenvalue weighted by Gasteiger charge is -2.37. The molecule has 2 aromatic rings. The van der Waals surface area contributed by atoms with Crippen molar-refractivity contribution in [3.63, 3.8) is 0 Å². The van der Waals surface area contributed by atoms with E-state index in [9.17, 15) is 9.18 Å². The van der Waals surface area contributed by atoms with Crippen LogP contribution in [-0.4, -0.2) is 37.9 Å². The summed E-state index contributed by atoms with van der Waals surface area (Å²) in [4.78, 5) is 16.2. The summed E-state index contributed by atoms with van der Waals surface area (Å²) in [5.74, 6) is -0.177. The summed E-state index contributed by atoms with van der Waals surface area (Å²) < 4.78 is 19.2. The highest BCUT2D eigenvalue weighted by Gasteiger charge is 2.20. The number of benzene rings is 2. The zero-order valence-corrected chi connectivity index (χ0v) is 16.0. The van der Waals surface area contributed by atoms with Gasteiger partial charge in [-0.05, 0) is 57.2 Å². The van der Waals surface area contributed by atoms with Gasteiger partial charge in [-0.3, -0.25) is 5.32 Å². The van der Waals surface area contributed by atoms with E-state index in [0.717, 1.165) is 31.9 Å². The summed E-state index contributed by atoms with van der Waals surface area (Å²) in [6.07, 6.45) is -0.464. The van der Waals surface area contributed by atoms with Gasteiger partial charge in [-0.25, -0.2) is 9.18 Å². The first-order valence-electron chi connectivity index (χ1n) is 9.16. The maximum Gasteiger partial charge on any atom is 0.412 e. The van der Waals surface area contributed by atoms with E-state index in [-0.39, 0.29) is 5.82 Å². The number of nitrogens with one attached hydrogen (secondary N) is 1. The molecule has 0 aromatic heterocycles. The van der Waals surface area contributed by atoms with Crippen molar-refractivity contribution in [1.29, 1.82) is 0 Å². The molecular formula is C21H26FN3O2. The Bertz CT molecular complexity index is 779. The minimum atomic E-state index is -0.526. The molecule has 0 spiro atoms. The lowest BCUT2D eigenvalue weighted by molar-refractivity contribution is 0.0636. The van der Waals surface area contributed by atoms with Gasteiger partial charge in [-0.1, -0.05) is 12.1 Å². The second-order valence-corrected chi connectivity index (χ2v) is 7.60. The topological polar surface area (TPSA) is 44.8 Å². The molecule has 1 saturated heterocycles. The first kappa shape index (κ1) is 19.0. The molecule has 5 nitrogen and oxygen atoms in total. The van der Waals surface area contributed by atoms with Crippen LogP contribution < -0.4 is 15.1 Å². The van der Waals surface area contributed by atoms with Crippen molar-refractivity contribution in [1.82, 2.24) is 0 Å². The molecule has 1 aliphatic heterocycles. The van der Waals surface area contributed by atoms with E-state index in [0.29, 0.717) is 11.4 Å². The molecule has 3 rings (SSSR count). The minimum Gasteiger partial charge on any atom is -0.444 e. The highest BCUT2D eigenvalue weighted by molar-refractivity contribution is 5.85. The summed E-state index contributed by atoms with van der Waals surface area (Å²) in [5.41, 5.74) is 1.91. The molecule has 2 aromatic carbocycles.